The van der Waals surface area contributed by atoms with Gasteiger partial charge in [-0.3, -0.25) is 14.6 Å². The fourth-order valence-electron chi connectivity index (χ4n) is 2.69. The first-order valence-corrected chi connectivity index (χ1v) is 7.57. The Hall–Kier alpha value is -2.76. The van der Waals surface area contributed by atoms with E-state index in [1.54, 1.807) is 29.4 Å². The van der Waals surface area contributed by atoms with Crippen molar-refractivity contribution in [2.24, 2.45) is 0 Å². The zero-order chi connectivity index (χ0) is 16.2. The molecule has 2 aromatic heterocycles. The second kappa shape index (κ2) is 6.56. The number of amides is 1. The van der Waals surface area contributed by atoms with E-state index in [4.69, 9.17) is 0 Å². The lowest BCUT2D eigenvalue weighted by molar-refractivity contribution is -0.126. The van der Waals surface area contributed by atoms with Gasteiger partial charge in [0.25, 0.3) is 11.7 Å². The average Bonchev–Trinajstić information content (AvgIpc) is 2.62. The minimum Gasteiger partial charge on any atom is -0.353 e. The van der Waals surface area contributed by atoms with Gasteiger partial charge < -0.3 is 9.80 Å². The highest BCUT2D eigenvalue weighted by atomic mass is 16.2. The summed E-state index contributed by atoms with van der Waals surface area (Å²) in [6, 6.07) is 7.19. The molecule has 0 bridgehead atoms. The van der Waals surface area contributed by atoms with Crippen molar-refractivity contribution in [1.82, 2.24) is 14.9 Å². The van der Waals surface area contributed by atoms with Crippen molar-refractivity contribution in [2.45, 2.75) is 6.92 Å². The number of aryl methyl sites for hydroxylation is 1. The van der Waals surface area contributed by atoms with E-state index in [0.29, 0.717) is 31.7 Å². The molecule has 0 unspecified atom stereocenters. The van der Waals surface area contributed by atoms with Crippen LogP contribution < -0.4 is 4.90 Å². The fourth-order valence-corrected chi connectivity index (χ4v) is 2.69. The topological polar surface area (TPSA) is 66.4 Å². The summed E-state index contributed by atoms with van der Waals surface area (Å²) in [5.41, 5.74) is 1.44. The normalized spacial score (nSPS) is 14.7. The smallest absolute Gasteiger partial charge is 0.295 e. The van der Waals surface area contributed by atoms with Crippen molar-refractivity contribution in [3.8, 4) is 0 Å². The maximum absolute atomic E-state index is 12.3. The molecule has 118 valence electrons. The highest BCUT2D eigenvalue weighted by Crippen LogP contribution is 2.18. The van der Waals surface area contributed by atoms with Crippen molar-refractivity contribution < 1.29 is 9.59 Å². The van der Waals surface area contributed by atoms with Crippen molar-refractivity contribution in [3.05, 3.63) is 54.0 Å². The number of carbonyl (C=O) groups excluding carboxylic acids is 2. The van der Waals surface area contributed by atoms with Gasteiger partial charge in [-0.1, -0.05) is 6.07 Å². The molecule has 2 aromatic rings. The van der Waals surface area contributed by atoms with E-state index in [0.717, 1.165) is 11.4 Å². The van der Waals surface area contributed by atoms with Gasteiger partial charge in [-0.15, -0.1) is 0 Å². The minimum absolute atomic E-state index is 0.334. The molecule has 0 spiro atoms. The fraction of sp³-hybridized carbons (Fsp3) is 0.294. The number of carbonyl (C=O) groups is 2. The third kappa shape index (κ3) is 3.21. The predicted octanol–water partition coefficient (Wildman–Crippen LogP) is 1.32. The van der Waals surface area contributed by atoms with Crippen LogP contribution in [0.2, 0.25) is 0 Å². The van der Waals surface area contributed by atoms with Gasteiger partial charge in [-0.05, 0) is 30.7 Å². The van der Waals surface area contributed by atoms with E-state index in [1.165, 1.54) is 6.20 Å². The summed E-state index contributed by atoms with van der Waals surface area (Å²) in [4.78, 5) is 36.6. The number of nitrogens with zero attached hydrogens (tertiary/aromatic N) is 4. The lowest BCUT2D eigenvalue weighted by Gasteiger charge is -2.35. The first kappa shape index (κ1) is 15.1. The third-order valence-electron chi connectivity index (χ3n) is 3.97. The molecule has 0 aliphatic carbocycles. The maximum Gasteiger partial charge on any atom is 0.295 e. The van der Waals surface area contributed by atoms with E-state index in [-0.39, 0.29) is 0 Å². The zero-order valence-corrected chi connectivity index (χ0v) is 13.0. The van der Waals surface area contributed by atoms with Crippen LogP contribution in [0.3, 0.4) is 0 Å². The number of anilines is 1. The second-order valence-corrected chi connectivity index (χ2v) is 5.49. The monoisotopic (exact) mass is 310 g/mol. The van der Waals surface area contributed by atoms with Crippen molar-refractivity contribution in [2.75, 3.05) is 31.1 Å². The van der Waals surface area contributed by atoms with E-state index < -0.39 is 11.7 Å². The molecule has 6 heteroatoms. The molecule has 0 N–H and O–H groups in total. The Labute approximate surface area is 134 Å². The Morgan fingerprint density at radius 3 is 2.43 bits per heavy atom. The van der Waals surface area contributed by atoms with Gasteiger partial charge in [0.05, 0.1) is 0 Å². The number of rotatable bonds is 3. The number of hydrogen-bond acceptors (Lipinski definition) is 5. The lowest BCUT2D eigenvalue weighted by Crippen LogP contribution is -2.51. The third-order valence-corrected chi connectivity index (χ3v) is 3.97. The van der Waals surface area contributed by atoms with Gasteiger partial charge in [0, 0.05) is 50.3 Å². The van der Waals surface area contributed by atoms with Crippen LogP contribution in [-0.4, -0.2) is 52.7 Å². The summed E-state index contributed by atoms with van der Waals surface area (Å²) in [5.74, 6) is -0.0193. The molecule has 6 nitrogen and oxygen atoms in total. The van der Waals surface area contributed by atoms with Gasteiger partial charge in [0.15, 0.2) is 0 Å². The zero-order valence-electron chi connectivity index (χ0n) is 13.0. The standard InChI is InChI=1S/C17H18N4O2/c1-13-4-2-7-19-16(13)20-8-10-21(11-9-20)17(23)15(22)14-5-3-6-18-12-14/h2-7,12H,8-11H2,1H3. The summed E-state index contributed by atoms with van der Waals surface area (Å²) in [7, 11) is 0. The van der Waals surface area contributed by atoms with Crippen LogP contribution in [0.15, 0.2) is 42.9 Å². The highest BCUT2D eigenvalue weighted by Gasteiger charge is 2.27. The van der Waals surface area contributed by atoms with E-state index in [9.17, 15) is 9.59 Å². The molecule has 1 amide bonds. The summed E-state index contributed by atoms with van der Waals surface area (Å²) in [5, 5.41) is 0. The number of aromatic nitrogens is 2. The predicted molar refractivity (Wildman–Crippen MR) is 86.3 cm³/mol. The van der Waals surface area contributed by atoms with Crippen LogP contribution >= 0.6 is 0 Å². The number of pyridine rings is 2. The first-order chi connectivity index (χ1) is 11.2. The molecule has 0 atom stereocenters. The first-order valence-electron chi connectivity index (χ1n) is 7.57. The molecule has 3 heterocycles. The quantitative estimate of drug-likeness (QED) is 0.632. The molecule has 1 aliphatic rings. The van der Waals surface area contributed by atoms with Crippen molar-refractivity contribution in [3.63, 3.8) is 0 Å². The van der Waals surface area contributed by atoms with Crippen LogP contribution in [0.1, 0.15) is 15.9 Å². The summed E-state index contributed by atoms with van der Waals surface area (Å²) in [6.07, 6.45) is 4.77. The van der Waals surface area contributed by atoms with E-state index in [2.05, 4.69) is 14.9 Å². The van der Waals surface area contributed by atoms with Crippen molar-refractivity contribution >= 4 is 17.5 Å². The summed E-state index contributed by atoms with van der Waals surface area (Å²) < 4.78 is 0. The Morgan fingerprint density at radius 2 is 1.78 bits per heavy atom. The number of hydrogen-bond donors (Lipinski definition) is 0. The molecule has 0 radical (unpaired) electrons. The van der Waals surface area contributed by atoms with Crippen LogP contribution in [0, 0.1) is 6.92 Å². The van der Waals surface area contributed by atoms with Crippen LogP contribution in [-0.2, 0) is 4.79 Å². The largest absolute Gasteiger partial charge is 0.353 e. The van der Waals surface area contributed by atoms with Gasteiger partial charge >= 0.3 is 0 Å². The minimum atomic E-state index is -0.499. The molecule has 0 aromatic carbocycles. The Morgan fingerprint density at radius 1 is 1.04 bits per heavy atom. The number of piperazine rings is 1. The van der Waals surface area contributed by atoms with E-state index in [1.807, 2.05) is 19.1 Å². The van der Waals surface area contributed by atoms with Crippen LogP contribution in [0.25, 0.3) is 0 Å². The van der Waals surface area contributed by atoms with Gasteiger partial charge in [-0.2, -0.15) is 0 Å². The number of Topliss-reactive ketones (excluding diaryl/α,β-unsaturated/α-hetero) is 1. The molecule has 1 aliphatic heterocycles. The summed E-state index contributed by atoms with van der Waals surface area (Å²) in [6.45, 7) is 4.39. The van der Waals surface area contributed by atoms with Crippen LogP contribution in [0.4, 0.5) is 5.82 Å². The molecular formula is C17H18N4O2. The Kier molecular flexibility index (Phi) is 4.32. The van der Waals surface area contributed by atoms with Crippen molar-refractivity contribution in [1.29, 1.82) is 0 Å². The maximum atomic E-state index is 12.3. The van der Waals surface area contributed by atoms with Gasteiger partial charge in [-0.25, -0.2) is 4.98 Å². The molecule has 1 saturated heterocycles. The Bertz CT molecular complexity index is 710. The molecule has 3 rings (SSSR count). The molecule has 1 fully saturated rings. The van der Waals surface area contributed by atoms with Gasteiger partial charge in [0.1, 0.15) is 5.82 Å². The average molecular weight is 310 g/mol. The van der Waals surface area contributed by atoms with Gasteiger partial charge in [0.2, 0.25) is 0 Å². The molecule has 23 heavy (non-hydrogen) atoms. The van der Waals surface area contributed by atoms with E-state index >= 15 is 0 Å². The highest BCUT2D eigenvalue weighted by molar-refractivity contribution is 6.42. The van der Waals surface area contributed by atoms with Crippen LogP contribution in [0.5, 0.6) is 0 Å². The Balaban J connectivity index is 1.64. The SMILES string of the molecule is Cc1cccnc1N1CCN(C(=O)C(=O)c2cccnc2)CC1. The number of ketones is 1. The molecular weight excluding hydrogens is 292 g/mol. The lowest BCUT2D eigenvalue weighted by atomic mass is 10.1. The molecule has 0 saturated carbocycles. The summed E-state index contributed by atoms with van der Waals surface area (Å²) >= 11 is 0. The second-order valence-electron chi connectivity index (χ2n) is 5.49.